The molecule has 1 aromatic heterocycles. The van der Waals surface area contributed by atoms with E-state index < -0.39 is 0 Å². The van der Waals surface area contributed by atoms with Gasteiger partial charge in [0.15, 0.2) is 0 Å². The average Bonchev–Trinajstić information content (AvgIpc) is 3.00. The highest BCUT2D eigenvalue weighted by Crippen LogP contribution is 2.28. The van der Waals surface area contributed by atoms with E-state index in [-0.39, 0.29) is 5.82 Å². The first-order chi connectivity index (χ1) is 8.24. The first-order valence-corrected chi connectivity index (χ1v) is 6.28. The van der Waals surface area contributed by atoms with Gasteiger partial charge in [-0.2, -0.15) is 0 Å². The molecule has 0 radical (unpaired) electrons. The zero-order valence-corrected chi connectivity index (χ0v) is 10.6. The first kappa shape index (κ1) is 10.8. The largest absolute Gasteiger partial charge is 0.353 e. The van der Waals surface area contributed by atoms with E-state index in [1.807, 2.05) is 10.8 Å². The second-order valence-electron chi connectivity index (χ2n) is 4.14. The van der Waals surface area contributed by atoms with Crippen molar-refractivity contribution in [3.8, 4) is 5.69 Å². The molecule has 1 heterocycles. The molecule has 3 rings (SSSR count). The van der Waals surface area contributed by atoms with E-state index in [4.69, 9.17) is 0 Å². The summed E-state index contributed by atoms with van der Waals surface area (Å²) in [5, 5.41) is 3.32. The molecular weight excluding hydrogens is 285 g/mol. The minimum Gasteiger partial charge on any atom is -0.353 e. The number of aromatic nitrogens is 2. The van der Waals surface area contributed by atoms with Crippen LogP contribution in [0.25, 0.3) is 5.69 Å². The van der Waals surface area contributed by atoms with Crippen molar-refractivity contribution in [2.24, 2.45) is 0 Å². The number of nitrogens with one attached hydrogen (secondary N) is 1. The Morgan fingerprint density at radius 1 is 1.41 bits per heavy atom. The molecule has 5 heteroatoms. The normalized spacial score (nSPS) is 14.9. The summed E-state index contributed by atoms with van der Waals surface area (Å²) in [6.45, 7) is 0. The molecule has 0 saturated heterocycles. The van der Waals surface area contributed by atoms with Crippen LogP contribution < -0.4 is 5.32 Å². The molecule has 1 N–H and O–H groups in total. The Hall–Kier alpha value is -1.36. The van der Waals surface area contributed by atoms with Gasteiger partial charge in [0.25, 0.3) is 0 Å². The monoisotopic (exact) mass is 295 g/mol. The predicted octanol–water partition coefficient (Wildman–Crippen LogP) is 3.35. The third-order valence-electron chi connectivity index (χ3n) is 2.72. The van der Waals surface area contributed by atoms with E-state index in [1.165, 1.54) is 25.0 Å². The summed E-state index contributed by atoms with van der Waals surface area (Å²) in [5.41, 5.74) is 0.755. The zero-order chi connectivity index (χ0) is 11.8. The van der Waals surface area contributed by atoms with E-state index in [9.17, 15) is 4.39 Å². The quantitative estimate of drug-likeness (QED) is 0.941. The Bertz CT molecular complexity index is 548. The van der Waals surface area contributed by atoms with Gasteiger partial charge in [0, 0.05) is 22.9 Å². The number of hydrogen-bond acceptors (Lipinski definition) is 2. The van der Waals surface area contributed by atoms with Crippen LogP contribution >= 0.6 is 15.9 Å². The van der Waals surface area contributed by atoms with Crippen LogP contribution in [0.1, 0.15) is 12.8 Å². The molecular formula is C12H11BrFN3. The summed E-state index contributed by atoms with van der Waals surface area (Å²) in [7, 11) is 0. The number of imidazole rings is 1. The first-order valence-electron chi connectivity index (χ1n) is 5.49. The van der Waals surface area contributed by atoms with Crippen LogP contribution in [0.3, 0.4) is 0 Å². The summed E-state index contributed by atoms with van der Waals surface area (Å²) < 4.78 is 16.0. The van der Waals surface area contributed by atoms with E-state index in [2.05, 4.69) is 26.2 Å². The van der Waals surface area contributed by atoms with Gasteiger partial charge in [-0.3, -0.25) is 4.57 Å². The molecule has 17 heavy (non-hydrogen) atoms. The highest BCUT2D eigenvalue weighted by Gasteiger charge is 2.23. The van der Waals surface area contributed by atoms with Crippen molar-refractivity contribution in [3.63, 3.8) is 0 Å². The van der Waals surface area contributed by atoms with Crippen molar-refractivity contribution >= 4 is 21.9 Å². The maximum atomic E-state index is 13.3. The SMILES string of the molecule is Fc1ccc(Br)c(-n2ccnc2NC2CC2)c1. The molecule has 0 aliphatic heterocycles. The van der Waals surface area contributed by atoms with Gasteiger partial charge in [-0.15, -0.1) is 0 Å². The number of rotatable bonds is 3. The van der Waals surface area contributed by atoms with E-state index in [1.54, 1.807) is 12.3 Å². The molecule has 0 unspecified atom stereocenters. The molecule has 2 aromatic rings. The van der Waals surface area contributed by atoms with Crippen molar-refractivity contribution in [3.05, 3.63) is 40.9 Å². The highest BCUT2D eigenvalue weighted by molar-refractivity contribution is 9.10. The number of nitrogens with zero attached hydrogens (tertiary/aromatic N) is 2. The summed E-state index contributed by atoms with van der Waals surface area (Å²) in [6, 6.07) is 5.14. The van der Waals surface area contributed by atoms with Crippen LogP contribution in [0.15, 0.2) is 35.1 Å². The van der Waals surface area contributed by atoms with E-state index in [0.717, 1.165) is 16.1 Å². The van der Waals surface area contributed by atoms with Crippen molar-refractivity contribution in [2.75, 3.05) is 5.32 Å². The van der Waals surface area contributed by atoms with Gasteiger partial charge >= 0.3 is 0 Å². The second-order valence-corrected chi connectivity index (χ2v) is 4.99. The number of anilines is 1. The Morgan fingerprint density at radius 2 is 2.24 bits per heavy atom. The summed E-state index contributed by atoms with van der Waals surface area (Å²) >= 11 is 3.42. The summed E-state index contributed by atoms with van der Waals surface area (Å²) in [4.78, 5) is 4.25. The third kappa shape index (κ3) is 2.20. The van der Waals surface area contributed by atoms with Crippen LogP contribution in [0.4, 0.5) is 10.3 Å². The Kier molecular flexibility index (Phi) is 2.63. The summed E-state index contributed by atoms with van der Waals surface area (Å²) in [5.74, 6) is 0.507. The Morgan fingerprint density at radius 3 is 3.00 bits per heavy atom. The standard InChI is InChI=1S/C12H11BrFN3/c13-10-4-1-8(14)7-11(10)17-6-5-15-12(17)16-9-2-3-9/h1,4-7,9H,2-3H2,(H,15,16). The van der Waals surface area contributed by atoms with Gasteiger partial charge in [-0.1, -0.05) is 0 Å². The number of hydrogen-bond donors (Lipinski definition) is 1. The second kappa shape index (κ2) is 4.14. The average molecular weight is 296 g/mol. The van der Waals surface area contributed by atoms with Gasteiger partial charge in [-0.25, -0.2) is 9.37 Å². The fraction of sp³-hybridized carbons (Fsp3) is 0.250. The lowest BCUT2D eigenvalue weighted by Crippen LogP contribution is -2.08. The predicted molar refractivity (Wildman–Crippen MR) is 67.9 cm³/mol. The molecule has 0 spiro atoms. The molecule has 0 bridgehead atoms. The molecule has 88 valence electrons. The molecule has 1 aliphatic rings. The molecule has 1 saturated carbocycles. The maximum absolute atomic E-state index is 13.3. The lowest BCUT2D eigenvalue weighted by molar-refractivity contribution is 0.626. The highest BCUT2D eigenvalue weighted by atomic mass is 79.9. The van der Waals surface area contributed by atoms with Gasteiger partial charge in [0.05, 0.1) is 5.69 Å². The van der Waals surface area contributed by atoms with Gasteiger partial charge < -0.3 is 5.32 Å². The molecule has 1 aliphatic carbocycles. The zero-order valence-electron chi connectivity index (χ0n) is 9.03. The molecule has 0 amide bonds. The van der Waals surface area contributed by atoms with Crippen LogP contribution in [-0.2, 0) is 0 Å². The van der Waals surface area contributed by atoms with Crippen molar-refractivity contribution in [1.29, 1.82) is 0 Å². The van der Waals surface area contributed by atoms with E-state index in [0.29, 0.717) is 6.04 Å². The van der Waals surface area contributed by atoms with Crippen LogP contribution in [0, 0.1) is 5.82 Å². The molecule has 1 fully saturated rings. The van der Waals surface area contributed by atoms with Crippen molar-refractivity contribution in [2.45, 2.75) is 18.9 Å². The number of halogens is 2. The minimum absolute atomic E-state index is 0.255. The lowest BCUT2D eigenvalue weighted by atomic mass is 10.3. The fourth-order valence-corrected chi connectivity index (χ4v) is 2.12. The van der Waals surface area contributed by atoms with Crippen molar-refractivity contribution in [1.82, 2.24) is 9.55 Å². The lowest BCUT2D eigenvalue weighted by Gasteiger charge is -2.10. The molecule has 3 nitrogen and oxygen atoms in total. The Balaban J connectivity index is 2.01. The topological polar surface area (TPSA) is 29.9 Å². The maximum Gasteiger partial charge on any atom is 0.207 e. The van der Waals surface area contributed by atoms with Crippen LogP contribution in [0.2, 0.25) is 0 Å². The van der Waals surface area contributed by atoms with Crippen LogP contribution in [0.5, 0.6) is 0 Å². The fourth-order valence-electron chi connectivity index (χ4n) is 1.69. The van der Waals surface area contributed by atoms with Gasteiger partial charge in [-0.05, 0) is 47.0 Å². The van der Waals surface area contributed by atoms with E-state index >= 15 is 0 Å². The van der Waals surface area contributed by atoms with Gasteiger partial charge in [0.1, 0.15) is 5.82 Å². The minimum atomic E-state index is -0.255. The van der Waals surface area contributed by atoms with Crippen LogP contribution in [-0.4, -0.2) is 15.6 Å². The van der Waals surface area contributed by atoms with Crippen molar-refractivity contribution < 1.29 is 4.39 Å². The number of benzene rings is 1. The third-order valence-corrected chi connectivity index (χ3v) is 3.39. The summed E-state index contributed by atoms with van der Waals surface area (Å²) in [6.07, 6.45) is 5.89. The molecule has 1 aromatic carbocycles. The Labute approximate surface area is 107 Å². The molecule has 0 atom stereocenters. The van der Waals surface area contributed by atoms with Gasteiger partial charge in [0.2, 0.25) is 5.95 Å². The smallest absolute Gasteiger partial charge is 0.207 e.